The van der Waals surface area contributed by atoms with Crippen molar-refractivity contribution in [2.75, 3.05) is 25.4 Å². The SMILES string of the molecule is CCN(CC)CCS/C(=N\O)C(=O)c1ccc([N+](=O)[O-])cc1.Cl. The Labute approximate surface area is 145 Å². The van der Waals surface area contributed by atoms with Crippen molar-refractivity contribution >= 4 is 40.7 Å². The first kappa shape index (κ1) is 21.4. The zero-order valence-corrected chi connectivity index (χ0v) is 14.6. The first-order chi connectivity index (χ1) is 10.5. The summed E-state index contributed by atoms with van der Waals surface area (Å²) in [5.41, 5.74) is 0.168. The summed E-state index contributed by atoms with van der Waals surface area (Å²) in [4.78, 5) is 24.4. The number of non-ortho nitro benzene ring substituents is 1. The number of rotatable bonds is 8. The maximum absolute atomic E-state index is 12.2. The maximum atomic E-state index is 12.2. The van der Waals surface area contributed by atoms with Crippen LogP contribution in [0.4, 0.5) is 5.69 Å². The highest BCUT2D eigenvalue weighted by Gasteiger charge is 2.17. The van der Waals surface area contributed by atoms with E-state index >= 15 is 0 Å². The number of oxime groups is 1. The molecule has 0 amide bonds. The second kappa shape index (κ2) is 11.0. The van der Waals surface area contributed by atoms with Gasteiger partial charge in [-0.3, -0.25) is 14.9 Å². The van der Waals surface area contributed by atoms with Gasteiger partial charge < -0.3 is 10.1 Å². The molecule has 1 aromatic carbocycles. The normalized spacial score (nSPS) is 11.2. The summed E-state index contributed by atoms with van der Waals surface area (Å²) < 4.78 is 0. The van der Waals surface area contributed by atoms with E-state index in [9.17, 15) is 14.9 Å². The standard InChI is InChI=1S/C14H19N3O4S.ClH/c1-3-16(4-2)9-10-22-14(15-19)13(18)11-5-7-12(8-6-11)17(20)21;/h5-8,19H,3-4,9-10H2,1-2H3;1H/b15-14-;. The van der Waals surface area contributed by atoms with Crippen LogP contribution in [0.5, 0.6) is 0 Å². The van der Waals surface area contributed by atoms with Gasteiger partial charge in [0.15, 0.2) is 5.04 Å². The van der Waals surface area contributed by atoms with E-state index in [1.807, 2.05) is 0 Å². The summed E-state index contributed by atoms with van der Waals surface area (Å²) in [7, 11) is 0. The van der Waals surface area contributed by atoms with Gasteiger partial charge >= 0.3 is 0 Å². The smallest absolute Gasteiger partial charge is 0.269 e. The molecule has 0 radical (unpaired) electrons. The van der Waals surface area contributed by atoms with Crippen molar-refractivity contribution < 1.29 is 14.9 Å². The van der Waals surface area contributed by atoms with Crippen molar-refractivity contribution in [1.82, 2.24) is 4.90 Å². The van der Waals surface area contributed by atoms with E-state index in [0.717, 1.165) is 19.6 Å². The van der Waals surface area contributed by atoms with E-state index in [1.165, 1.54) is 36.0 Å². The molecule has 0 spiro atoms. The minimum absolute atomic E-state index is 0. The molecule has 1 aromatic rings. The Kier molecular flexibility index (Phi) is 10.2. The number of thioether (sulfide) groups is 1. The van der Waals surface area contributed by atoms with Crippen LogP contribution in [-0.2, 0) is 0 Å². The third-order valence-corrected chi connectivity index (χ3v) is 4.09. The Balaban J connectivity index is 0.00000484. The van der Waals surface area contributed by atoms with Gasteiger partial charge in [0.2, 0.25) is 5.78 Å². The number of carbonyl (C=O) groups is 1. The average Bonchev–Trinajstić information content (AvgIpc) is 2.54. The highest BCUT2D eigenvalue weighted by Crippen LogP contribution is 2.16. The van der Waals surface area contributed by atoms with Gasteiger partial charge in [-0.2, -0.15) is 0 Å². The van der Waals surface area contributed by atoms with Crippen LogP contribution < -0.4 is 0 Å². The van der Waals surface area contributed by atoms with Crippen LogP contribution in [-0.4, -0.2) is 51.2 Å². The summed E-state index contributed by atoms with van der Waals surface area (Å²) in [5, 5.41) is 22.6. The van der Waals surface area contributed by atoms with Crippen LogP contribution >= 0.6 is 24.2 Å². The molecular formula is C14H20ClN3O4S. The van der Waals surface area contributed by atoms with Crippen LogP contribution in [0.2, 0.25) is 0 Å². The molecule has 0 heterocycles. The molecule has 128 valence electrons. The van der Waals surface area contributed by atoms with E-state index < -0.39 is 10.7 Å². The third kappa shape index (κ3) is 6.55. The van der Waals surface area contributed by atoms with E-state index in [-0.39, 0.29) is 28.7 Å². The quantitative estimate of drug-likeness (QED) is 0.191. The lowest BCUT2D eigenvalue weighted by molar-refractivity contribution is -0.384. The predicted octanol–water partition coefficient (Wildman–Crippen LogP) is 3.06. The summed E-state index contributed by atoms with van der Waals surface area (Å²) in [5.74, 6) is 0.182. The fraction of sp³-hybridized carbons (Fsp3) is 0.429. The number of hydrogen-bond donors (Lipinski definition) is 1. The number of benzene rings is 1. The number of halogens is 1. The zero-order chi connectivity index (χ0) is 16.5. The molecule has 0 atom stereocenters. The molecule has 0 aliphatic carbocycles. The molecule has 1 rings (SSSR count). The van der Waals surface area contributed by atoms with Crippen molar-refractivity contribution in [3.63, 3.8) is 0 Å². The lowest BCUT2D eigenvalue weighted by atomic mass is 10.1. The van der Waals surface area contributed by atoms with Crippen LogP contribution in [0, 0.1) is 10.1 Å². The summed E-state index contributed by atoms with van der Waals surface area (Å²) in [6.07, 6.45) is 0. The summed E-state index contributed by atoms with van der Waals surface area (Å²) in [6.45, 7) is 6.72. The van der Waals surface area contributed by atoms with Crippen LogP contribution in [0.3, 0.4) is 0 Å². The Morgan fingerprint density at radius 3 is 2.30 bits per heavy atom. The van der Waals surface area contributed by atoms with Crippen molar-refractivity contribution in [1.29, 1.82) is 0 Å². The molecular weight excluding hydrogens is 342 g/mol. The minimum Gasteiger partial charge on any atom is -0.410 e. The number of nitro groups is 1. The fourth-order valence-electron chi connectivity index (χ4n) is 1.81. The third-order valence-electron chi connectivity index (χ3n) is 3.17. The number of nitrogens with zero attached hydrogens (tertiary/aromatic N) is 3. The predicted molar refractivity (Wildman–Crippen MR) is 94.1 cm³/mol. The fourth-order valence-corrected chi connectivity index (χ4v) is 2.66. The van der Waals surface area contributed by atoms with E-state index in [0.29, 0.717) is 5.75 Å². The van der Waals surface area contributed by atoms with Gasteiger partial charge in [0, 0.05) is 30.0 Å². The van der Waals surface area contributed by atoms with E-state index in [1.54, 1.807) is 0 Å². The van der Waals surface area contributed by atoms with Crippen LogP contribution in [0.15, 0.2) is 29.4 Å². The van der Waals surface area contributed by atoms with E-state index in [2.05, 4.69) is 23.9 Å². The second-order valence-electron chi connectivity index (χ2n) is 4.41. The lowest BCUT2D eigenvalue weighted by Crippen LogP contribution is -2.26. The molecule has 0 fully saturated rings. The average molecular weight is 362 g/mol. The number of hydrogen-bond acceptors (Lipinski definition) is 7. The van der Waals surface area contributed by atoms with Crippen LogP contribution in [0.25, 0.3) is 0 Å². The first-order valence-corrected chi connectivity index (χ1v) is 7.88. The van der Waals surface area contributed by atoms with Gasteiger partial charge in [0.05, 0.1) is 4.92 Å². The molecule has 0 aliphatic heterocycles. The van der Waals surface area contributed by atoms with Gasteiger partial charge in [-0.1, -0.05) is 30.8 Å². The Bertz CT molecular complexity index is 547. The molecule has 0 saturated heterocycles. The lowest BCUT2D eigenvalue weighted by Gasteiger charge is -2.17. The van der Waals surface area contributed by atoms with Crippen LogP contribution in [0.1, 0.15) is 24.2 Å². The molecule has 7 nitrogen and oxygen atoms in total. The maximum Gasteiger partial charge on any atom is 0.269 e. The molecule has 9 heteroatoms. The topological polar surface area (TPSA) is 96.0 Å². The Morgan fingerprint density at radius 2 is 1.87 bits per heavy atom. The molecule has 0 unspecified atom stereocenters. The molecule has 0 saturated carbocycles. The molecule has 0 bridgehead atoms. The van der Waals surface area contributed by atoms with Crippen molar-refractivity contribution in [2.45, 2.75) is 13.8 Å². The van der Waals surface area contributed by atoms with Gasteiger partial charge in [-0.15, -0.1) is 12.4 Å². The highest BCUT2D eigenvalue weighted by molar-refractivity contribution is 8.15. The molecule has 0 aliphatic rings. The number of ketones is 1. The summed E-state index contributed by atoms with van der Waals surface area (Å²) >= 11 is 1.17. The molecule has 1 N–H and O–H groups in total. The largest absolute Gasteiger partial charge is 0.410 e. The van der Waals surface area contributed by atoms with Crippen molar-refractivity contribution in [3.8, 4) is 0 Å². The van der Waals surface area contributed by atoms with Gasteiger partial charge in [-0.25, -0.2) is 0 Å². The Hall–Kier alpha value is -1.64. The number of Topliss-reactive ketones (excluding diaryl/α,β-unsaturated/α-hetero) is 1. The molecule has 0 aromatic heterocycles. The minimum atomic E-state index is -0.534. The highest BCUT2D eigenvalue weighted by atomic mass is 35.5. The number of carbonyl (C=O) groups excluding carboxylic acids is 1. The van der Waals surface area contributed by atoms with Gasteiger partial charge in [-0.05, 0) is 25.2 Å². The van der Waals surface area contributed by atoms with Crippen molar-refractivity contribution in [3.05, 3.63) is 39.9 Å². The monoisotopic (exact) mass is 361 g/mol. The van der Waals surface area contributed by atoms with Gasteiger partial charge in [0.25, 0.3) is 5.69 Å². The molecule has 23 heavy (non-hydrogen) atoms. The summed E-state index contributed by atoms with van der Waals surface area (Å²) in [6, 6.07) is 5.22. The van der Waals surface area contributed by atoms with Crippen molar-refractivity contribution in [2.24, 2.45) is 5.16 Å². The number of nitro benzene ring substituents is 1. The van der Waals surface area contributed by atoms with Gasteiger partial charge in [0.1, 0.15) is 0 Å². The van der Waals surface area contributed by atoms with E-state index in [4.69, 9.17) is 5.21 Å². The Morgan fingerprint density at radius 1 is 1.30 bits per heavy atom. The zero-order valence-electron chi connectivity index (χ0n) is 13.0. The first-order valence-electron chi connectivity index (χ1n) is 6.89. The second-order valence-corrected chi connectivity index (χ2v) is 5.50.